The van der Waals surface area contributed by atoms with Crippen LogP contribution in [0.2, 0.25) is 0 Å². The van der Waals surface area contributed by atoms with Crippen molar-refractivity contribution >= 4 is 5.91 Å². The third-order valence-corrected chi connectivity index (χ3v) is 4.02. The molecule has 2 aromatic rings. The van der Waals surface area contributed by atoms with Crippen molar-refractivity contribution in [3.63, 3.8) is 0 Å². The molecule has 1 N–H and O–H groups in total. The quantitative estimate of drug-likeness (QED) is 0.836. The summed E-state index contributed by atoms with van der Waals surface area (Å²) in [5.74, 6) is 2.10. The lowest BCUT2D eigenvalue weighted by Crippen LogP contribution is -2.39. The number of aromatic nitrogens is 2. The van der Waals surface area contributed by atoms with Crippen LogP contribution in [0, 0.1) is 6.92 Å². The molecule has 0 radical (unpaired) electrons. The van der Waals surface area contributed by atoms with Crippen LogP contribution in [0.1, 0.15) is 23.9 Å². The Bertz CT molecular complexity index is 640. The van der Waals surface area contributed by atoms with Gasteiger partial charge in [-0.3, -0.25) is 14.6 Å². The Morgan fingerprint density at radius 2 is 2.12 bits per heavy atom. The molecule has 0 aromatic carbocycles. The molecule has 0 aliphatic carbocycles. The Labute approximate surface area is 140 Å². The summed E-state index contributed by atoms with van der Waals surface area (Å²) in [4.78, 5) is 20.8. The Morgan fingerprint density at radius 3 is 2.88 bits per heavy atom. The number of nitrogens with zero attached hydrogens (tertiary/aromatic N) is 4. The first-order valence-electron chi connectivity index (χ1n) is 8.22. The fourth-order valence-electron chi connectivity index (χ4n) is 2.80. The van der Waals surface area contributed by atoms with E-state index < -0.39 is 0 Å². The van der Waals surface area contributed by atoms with Gasteiger partial charge in [-0.1, -0.05) is 5.16 Å². The van der Waals surface area contributed by atoms with Crippen molar-refractivity contribution in [1.29, 1.82) is 0 Å². The maximum Gasteiger partial charge on any atom is 0.234 e. The van der Waals surface area contributed by atoms with E-state index in [2.05, 4.69) is 25.3 Å². The monoisotopic (exact) mass is 333 g/mol. The second-order valence-electron chi connectivity index (χ2n) is 5.99. The molecule has 1 amide bonds. The third kappa shape index (κ3) is 4.90. The van der Waals surface area contributed by atoms with Crippen LogP contribution in [-0.2, 0) is 17.9 Å². The molecule has 0 saturated carbocycles. The van der Waals surface area contributed by atoms with Gasteiger partial charge in [-0.2, -0.15) is 4.98 Å². The fourth-order valence-corrected chi connectivity index (χ4v) is 2.80. The van der Waals surface area contributed by atoms with Gasteiger partial charge in [-0.15, -0.1) is 0 Å². The highest BCUT2D eigenvalue weighted by atomic mass is 16.5. The van der Waals surface area contributed by atoms with E-state index in [1.54, 1.807) is 13.2 Å². The van der Waals surface area contributed by atoms with Gasteiger partial charge < -0.3 is 14.3 Å². The van der Waals surface area contributed by atoms with Crippen LogP contribution in [0.4, 0.5) is 0 Å². The molecule has 0 bridgehead atoms. The van der Waals surface area contributed by atoms with Crippen LogP contribution < -0.4 is 5.32 Å². The van der Waals surface area contributed by atoms with E-state index in [4.69, 9.17) is 8.94 Å². The highest BCUT2D eigenvalue weighted by Crippen LogP contribution is 2.07. The van der Waals surface area contributed by atoms with E-state index in [1.807, 2.05) is 12.1 Å². The Morgan fingerprint density at radius 1 is 1.29 bits per heavy atom. The van der Waals surface area contributed by atoms with Crippen molar-refractivity contribution in [2.75, 3.05) is 32.7 Å². The van der Waals surface area contributed by atoms with Crippen molar-refractivity contribution in [2.45, 2.75) is 26.4 Å². The number of nitrogens with one attached hydrogen (secondary N) is 1. The van der Waals surface area contributed by atoms with Gasteiger partial charge in [0.1, 0.15) is 5.76 Å². The minimum Gasteiger partial charge on any atom is -0.467 e. The second-order valence-corrected chi connectivity index (χ2v) is 5.99. The number of aryl methyl sites for hydroxylation is 1. The second kappa shape index (κ2) is 8.07. The van der Waals surface area contributed by atoms with E-state index in [-0.39, 0.29) is 5.91 Å². The number of furan rings is 1. The van der Waals surface area contributed by atoms with Gasteiger partial charge in [-0.25, -0.2) is 0 Å². The van der Waals surface area contributed by atoms with E-state index in [1.165, 1.54) is 0 Å². The zero-order chi connectivity index (χ0) is 16.8. The van der Waals surface area contributed by atoms with Crippen molar-refractivity contribution in [3.05, 3.63) is 35.9 Å². The van der Waals surface area contributed by atoms with E-state index in [0.717, 1.165) is 44.2 Å². The lowest BCUT2D eigenvalue weighted by Gasteiger charge is -2.20. The maximum atomic E-state index is 12.1. The van der Waals surface area contributed by atoms with Gasteiger partial charge in [0.15, 0.2) is 5.82 Å². The van der Waals surface area contributed by atoms with Gasteiger partial charge in [0.05, 0.1) is 25.9 Å². The van der Waals surface area contributed by atoms with Crippen LogP contribution in [-0.4, -0.2) is 58.6 Å². The Hall–Kier alpha value is -2.19. The number of amides is 1. The summed E-state index contributed by atoms with van der Waals surface area (Å²) in [6.45, 7) is 6.95. The molecule has 3 rings (SSSR count). The number of hydrogen-bond donors (Lipinski definition) is 1. The predicted molar refractivity (Wildman–Crippen MR) is 85.9 cm³/mol. The van der Waals surface area contributed by atoms with Crippen LogP contribution in [0.5, 0.6) is 0 Å². The van der Waals surface area contributed by atoms with Crippen molar-refractivity contribution in [1.82, 2.24) is 25.3 Å². The minimum atomic E-state index is 0.0219. The van der Waals surface area contributed by atoms with Gasteiger partial charge in [-0.05, 0) is 31.6 Å². The van der Waals surface area contributed by atoms with Crippen molar-refractivity contribution in [2.24, 2.45) is 0 Å². The molecule has 3 heterocycles. The van der Waals surface area contributed by atoms with Gasteiger partial charge in [0, 0.05) is 20.0 Å². The lowest BCUT2D eigenvalue weighted by atomic mass is 10.3. The summed E-state index contributed by atoms with van der Waals surface area (Å²) in [7, 11) is 0. The molecular weight excluding hydrogens is 310 g/mol. The standard InChI is InChI=1S/C16H23N5O3/c1-13-18-15(19-24-13)11-20-5-3-6-21(8-7-20)12-16(22)17-10-14-4-2-9-23-14/h2,4,9H,3,5-8,10-12H2,1H3,(H,17,22). The Balaban J connectivity index is 1.40. The molecular formula is C16H23N5O3. The molecule has 0 unspecified atom stereocenters. The fraction of sp³-hybridized carbons (Fsp3) is 0.562. The molecule has 1 aliphatic heterocycles. The summed E-state index contributed by atoms with van der Waals surface area (Å²) in [6.07, 6.45) is 2.62. The van der Waals surface area contributed by atoms with Crippen LogP contribution in [0.15, 0.2) is 27.3 Å². The lowest BCUT2D eigenvalue weighted by molar-refractivity contribution is -0.122. The maximum absolute atomic E-state index is 12.1. The van der Waals surface area contributed by atoms with E-state index in [0.29, 0.717) is 25.5 Å². The molecule has 1 saturated heterocycles. The highest BCUT2D eigenvalue weighted by Gasteiger charge is 2.18. The molecule has 8 heteroatoms. The molecule has 130 valence electrons. The SMILES string of the molecule is Cc1nc(CN2CCCN(CC(=O)NCc3ccco3)CC2)no1. The first-order chi connectivity index (χ1) is 11.7. The van der Waals surface area contributed by atoms with E-state index in [9.17, 15) is 4.79 Å². The van der Waals surface area contributed by atoms with Crippen molar-refractivity contribution < 1.29 is 13.7 Å². The summed E-state index contributed by atoms with van der Waals surface area (Å²) in [5, 5.41) is 6.83. The number of rotatable bonds is 6. The van der Waals surface area contributed by atoms with Gasteiger partial charge >= 0.3 is 0 Å². The number of hydrogen-bond acceptors (Lipinski definition) is 7. The molecule has 0 atom stereocenters. The third-order valence-electron chi connectivity index (χ3n) is 4.02. The smallest absolute Gasteiger partial charge is 0.234 e. The molecule has 1 fully saturated rings. The molecule has 8 nitrogen and oxygen atoms in total. The van der Waals surface area contributed by atoms with Gasteiger partial charge in [0.25, 0.3) is 0 Å². The van der Waals surface area contributed by atoms with Gasteiger partial charge in [0.2, 0.25) is 11.8 Å². The average molecular weight is 333 g/mol. The first-order valence-corrected chi connectivity index (χ1v) is 8.22. The zero-order valence-electron chi connectivity index (χ0n) is 13.9. The van der Waals surface area contributed by atoms with Crippen LogP contribution in [0.3, 0.4) is 0 Å². The summed E-state index contributed by atoms with van der Waals surface area (Å²) in [6, 6.07) is 3.67. The molecule has 2 aromatic heterocycles. The van der Waals surface area contributed by atoms with Crippen LogP contribution >= 0.6 is 0 Å². The highest BCUT2D eigenvalue weighted by molar-refractivity contribution is 5.77. The molecule has 24 heavy (non-hydrogen) atoms. The zero-order valence-corrected chi connectivity index (χ0v) is 13.9. The largest absolute Gasteiger partial charge is 0.467 e. The topological polar surface area (TPSA) is 87.6 Å². The Kier molecular flexibility index (Phi) is 5.60. The van der Waals surface area contributed by atoms with Crippen molar-refractivity contribution in [3.8, 4) is 0 Å². The average Bonchev–Trinajstić information content (AvgIpc) is 3.16. The van der Waals surface area contributed by atoms with E-state index >= 15 is 0 Å². The normalized spacial score (nSPS) is 16.9. The molecule has 1 aliphatic rings. The number of carbonyl (C=O) groups is 1. The minimum absolute atomic E-state index is 0.0219. The summed E-state index contributed by atoms with van der Waals surface area (Å²) < 4.78 is 10.2. The van der Waals surface area contributed by atoms with Crippen LogP contribution in [0.25, 0.3) is 0 Å². The number of carbonyl (C=O) groups excluding carboxylic acids is 1. The predicted octanol–water partition coefficient (Wildman–Crippen LogP) is 0.795. The first kappa shape index (κ1) is 16.7. The summed E-state index contributed by atoms with van der Waals surface area (Å²) in [5.41, 5.74) is 0. The summed E-state index contributed by atoms with van der Waals surface area (Å²) >= 11 is 0. The molecule has 0 spiro atoms.